The molecule has 7 nitrogen and oxygen atoms in total. The summed E-state index contributed by atoms with van der Waals surface area (Å²) in [6, 6.07) is 8.71. The number of hydrogen-bond acceptors (Lipinski definition) is 4. The van der Waals surface area contributed by atoms with Gasteiger partial charge in [0.05, 0.1) is 23.4 Å². The first-order valence-corrected chi connectivity index (χ1v) is 11.7. The summed E-state index contributed by atoms with van der Waals surface area (Å²) in [7, 11) is 0. The Morgan fingerprint density at radius 3 is 2.46 bits per heavy atom. The maximum absolute atomic E-state index is 13.4. The zero-order valence-corrected chi connectivity index (χ0v) is 18.9. The van der Waals surface area contributed by atoms with Crippen LogP contribution in [0.2, 0.25) is 0 Å². The van der Waals surface area contributed by atoms with E-state index in [0.29, 0.717) is 23.4 Å². The zero-order valence-electron chi connectivity index (χ0n) is 18.9. The first kappa shape index (κ1) is 23.3. The van der Waals surface area contributed by atoms with Crippen molar-refractivity contribution in [3.63, 3.8) is 0 Å². The highest BCUT2D eigenvalue weighted by Crippen LogP contribution is 2.34. The Bertz CT molecular complexity index is 1180. The van der Waals surface area contributed by atoms with Crippen LogP contribution >= 0.6 is 0 Å². The molecule has 2 fully saturated rings. The summed E-state index contributed by atoms with van der Waals surface area (Å²) in [5.74, 6) is -0.836. The number of anilines is 1. The van der Waals surface area contributed by atoms with Gasteiger partial charge in [-0.25, -0.2) is 0 Å². The predicted octanol–water partition coefficient (Wildman–Crippen LogP) is 2.98. The normalized spacial score (nSPS) is 21.2. The van der Waals surface area contributed by atoms with Gasteiger partial charge in [-0.15, -0.1) is 0 Å². The van der Waals surface area contributed by atoms with Crippen LogP contribution in [0.1, 0.15) is 28.8 Å². The number of rotatable bonds is 2. The monoisotopic (exact) mass is 486 g/mol. The molecule has 2 aromatic carbocycles. The van der Waals surface area contributed by atoms with Gasteiger partial charge in [0.2, 0.25) is 11.8 Å². The molecule has 10 heteroatoms. The highest BCUT2D eigenvalue weighted by atomic mass is 19.4. The fourth-order valence-electron chi connectivity index (χ4n) is 5.03. The molecule has 2 aromatic rings. The number of carbonyl (C=O) groups is 3. The van der Waals surface area contributed by atoms with Crippen LogP contribution in [0, 0.1) is 5.92 Å². The van der Waals surface area contributed by atoms with Crippen LogP contribution in [0.3, 0.4) is 0 Å². The summed E-state index contributed by atoms with van der Waals surface area (Å²) in [6.45, 7) is 2.22. The van der Waals surface area contributed by atoms with Gasteiger partial charge in [-0.05, 0) is 61.3 Å². The van der Waals surface area contributed by atoms with Gasteiger partial charge < -0.3 is 20.4 Å². The molecule has 3 aliphatic rings. The summed E-state index contributed by atoms with van der Waals surface area (Å²) >= 11 is 0. The van der Waals surface area contributed by atoms with E-state index in [1.54, 1.807) is 17.0 Å². The zero-order chi connectivity index (χ0) is 24.7. The molecular weight excluding hydrogens is 461 g/mol. The molecule has 2 saturated heterocycles. The number of fused-ring (bicyclic) bond motifs is 2. The largest absolute Gasteiger partial charge is 0.416 e. The lowest BCUT2D eigenvalue weighted by Crippen LogP contribution is -2.60. The van der Waals surface area contributed by atoms with Crippen molar-refractivity contribution < 1.29 is 27.6 Å². The maximum atomic E-state index is 13.4. The second kappa shape index (κ2) is 8.99. The van der Waals surface area contributed by atoms with Crippen molar-refractivity contribution in [3.05, 3.63) is 53.6 Å². The topological polar surface area (TPSA) is 81.8 Å². The quantitative estimate of drug-likeness (QED) is 0.684. The SMILES string of the molecule is O=C1Nc2ccc(-c3cccc(C(F)(F)F)c3)cc2C(=O)N2CCN(C(=O)C3CCNCC3)C[C@H]12. The Labute approximate surface area is 200 Å². The summed E-state index contributed by atoms with van der Waals surface area (Å²) < 4.78 is 39.5. The van der Waals surface area contributed by atoms with Crippen LogP contribution in [0.5, 0.6) is 0 Å². The molecule has 184 valence electrons. The van der Waals surface area contributed by atoms with Crippen molar-refractivity contribution in [2.45, 2.75) is 25.1 Å². The van der Waals surface area contributed by atoms with E-state index in [1.807, 2.05) is 0 Å². The average molecular weight is 486 g/mol. The van der Waals surface area contributed by atoms with Gasteiger partial charge >= 0.3 is 6.18 Å². The van der Waals surface area contributed by atoms with E-state index in [0.717, 1.165) is 38.1 Å². The van der Waals surface area contributed by atoms with E-state index >= 15 is 0 Å². The summed E-state index contributed by atoms with van der Waals surface area (Å²) in [4.78, 5) is 42.6. The first-order chi connectivity index (χ1) is 16.7. The van der Waals surface area contributed by atoms with Gasteiger partial charge in [0, 0.05) is 19.0 Å². The molecule has 3 amide bonds. The number of carbonyl (C=O) groups excluding carboxylic acids is 3. The Hall–Kier alpha value is -3.40. The number of halogens is 3. The molecular formula is C25H25F3N4O3. The molecule has 0 unspecified atom stereocenters. The number of benzene rings is 2. The Morgan fingerprint density at radius 2 is 1.71 bits per heavy atom. The van der Waals surface area contributed by atoms with E-state index in [1.165, 1.54) is 23.1 Å². The minimum Gasteiger partial charge on any atom is -0.338 e. The maximum Gasteiger partial charge on any atom is 0.416 e. The molecule has 3 aliphatic heterocycles. The van der Waals surface area contributed by atoms with Crippen molar-refractivity contribution in [2.75, 3.05) is 38.0 Å². The van der Waals surface area contributed by atoms with E-state index in [9.17, 15) is 27.6 Å². The van der Waals surface area contributed by atoms with Crippen LogP contribution in [0.15, 0.2) is 42.5 Å². The average Bonchev–Trinajstić information content (AvgIpc) is 2.97. The standard InChI is InChI=1S/C25H25F3N4O3/c26-25(27,28)18-3-1-2-16(12-18)17-4-5-20-19(13-17)24(35)32-11-10-31(14-21(32)22(33)30-20)23(34)15-6-8-29-9-7-15/h1-5,12-13,15,21,29H,6-11,14H2,(H,30,33)/t21-/m1/s1. The molecule has 35 heavy (non-hydrogen) atoms. The second-order valence-corrected chi connectivity index (χ2v) is 9.15. The van der Waals surface area contributed by atoms with Crippen LogP contribution in [-0.4, -0.2) is 66.3 Å². The van der Waals surface area contributed by atoms with Crippen LogP contribution in [-0.2, 0) is 15.8 Å². The van der Waals surface area contributed by atoms with E-state index in [2.05, 4.69) is 10.6 Å². The lowest BCUT2D eigenvalue weighted by Gasteiger charge is -2.41. The summed E-state index contributed by atoms with van der Waals surface area (Å²) in [5, 5.41) is 6.01. The molecule has 5 rings (SSSR count). The fourth-order valence-corrected chi connectivity index (χ4v) is 5.03. The molecule has 3 heterocycles. The van der Waals surface area contributed by atoms with Gasteiger partial charge in [-0.3, -0.25) is 14.4 Å². The smallest absolute Gasteiger partial charge is 0.338 e. The van der Waals surface area contributed by atoms with Gasteiger partial charge in [0.1, 0.15) is 6.04 Å². The Morgan fingerprint density at radius 1 is 0.971 bits per heavy atom. The van der Waals surface area contributed by atoms with Gasteiger partial charge in [0.15, 0.2) is 0 Å². The lowest BCUT2D eigenvalue weighted by atomic mass is 9.95. The van der Waals surface area contributed by atoms with Crippen molar-refractivity contribution in [1.29, 1.82) is 0 Å². The third kappa shape index (κ3) is 4.50. The van der Waals surface area contributed by atoms with Crippen molar-refractivity contribution >= 4 is 23.4 Å². The van der Waals surface area contributed by atoms with Crippen LogP contribution in [0.4, 0.5) is 18.9 Å². The molecule has 0 aromatic heterocycles. The van der Waals surface area contributed by atoms with Crippen molar-refractivity contribution in [3.8, 4) is 11.1 Å². The highest BCUT2D eigenvalue weighted by Gasteiger charge is 2.41. The lowest BCUT2D eigenvalue weighted by molar-refractivity contribution is -0.140. The Kier molecular flexibility index (Phi) is 6.00. The molecule has 0 radical (unpaired) electrons. The highest BCUT2D eigenvalue weighted by molar-refractivity contribution is 6.10. The first-order valence-electron chi connectivity index (χ1n) is 11.7. The van der Waals surface area contributed by atoms with Crippen LogP contribution < -0.4 is 10.6 Å². The number of piperidine rings is 1. The minimum absolute atomic E-state index is 0.0139. The van der Waals surface area contributed by atoms with Crippen molar-refractivity contribution in [1.82, 2.24) is 15.1 Å². The van der Waals surface area contributed by atoms with E-state index in [-0.39, 0.29) is 42.3 Å². The number of piperazine rings is 1. The predicted molar refractivity (Wildman–Crippen MR) is 123 cm³/mol. The molecule has 0 bridgehead atoms. The third-order valence-corrected chi connectivity index (χ3v) is 6.98. The summed E-state index contributed by atoms with van der Waals surface area (Å²) in [5.41, 5.74) is 0.505. The van der Waals surface area contributed by atoms with E-state index < -0.39 is 17.8 Å². The molecule has 1 atom stereocenters. The fraction of sp³-hybridized carbons (Fsp3) is 0.400. The van der Waals surface area contributed by atoms with Crippen LogP contribution in [0.25, 0.3) is 11.1 Å². The van der Waals surface area contributed by atoms with Crippen molar-refractivity contribution in [2.24, 2.45) is 5.92 Å². The minimum atomic E-state index is -4.48. The summed E-state index contributed by atoms with van der Waals surface area (Å²) in [6.07, 6.45) is -2.98. The Balaban J connectivity index is 1.40. The number of nitrogens with zero attached hydrogens (tertiary/aromatic N) is 2. The van der Waals surface area contributed by atoms with Gasteiger partial charge in [-0.2, -0.15) is 13.2 Å². The molecule has 0 saturated carbocycles. The number of nitrogens with one attached hydrogen (secondary N) is 2. The molecule has 2 N–H and O–H groups in total. The van der Waals surface area contributed by atoms with Gasteiger partial charge in [0.25, 0.3) is 5.91 Å². The number of alkyl halides is 3. The third-order valence-electron chi connectivity index (χ3n) is 6.98. The number of hydrogen-bond donors (Lipinski definition) is 2. The molecule has 0 aliphatic carbocycles. The van der Waals surface area contributed by atoms with E-state index in [4.69, 9.17) is 0 Å². The van der Waals surface area contributed by atoms with Gasteiger partial charge in [-0.1, -0.05) is 18.2 Å². The molecule has 0 spiro atoms. The second-order valence-electron chi connectivity index (χ2n) is 9.15. The number of amides is 3.